The zero-order valence-electron chi connectivity index (χ0n) is 17.3. The van der Waals surface area contributed by atoms with E-state index in [1.165, 1.54) is 0 Å². The lowest BCUT2D eigenvalue weighted by Gasteiger charge is -2.40. The zero-order chi connectivity index (χ0) is 23.7. The molecule has 2 rings (SSSR count). The molecule has 1 saturated heterocycles. The molecule has 1 aliphatic heterocycles. The SMILES string of the molecule is C#CCCCCNC(=O)Nc1ccc(S[C@@H]2O[C@H](CCP(=O)(O)O)[C@@H](O)[C@H](O)[C@@H]2O)cc1. The Hall–Kier alpha value is -1.61. The van der Waals surface area contributed by atoms with Crippen molar-refractivity contribution in [3.8, 4) is 12.3 Å². The number of unbranched alkanes of at least 4 members (excludes halogenated alkanes) is 2. The minimum absolute atomic E-state index is 0.174. The Labute approximate surface area is 190 Å². The molecular weight excluding hydrogens is 459 g/mol. The van der Waals surface area contributed by atoms with E-state index in [1.54, 1.807) is 24.3 Å². The van der Waals surface area contributed by atoms with Gasteiger partial charge >= 0.3 is 13.6 Å². The van der Waals surface area contributed by atoms with Crippen LogP contribution in [0.15, 0.2) is 29.2 Å². The highest BCUT2D eigenvalue weighted by molar-refractivity contribution is 7.99. The molecule has 0 radical (unpaired) electrons. The lowest BCUT2D eigenvalue weighted by Crippen LogP contribution is -2.56. The van der Waals surface area contributed by atoms with E-state index in [4.69, 9.17) is 20.9 Å². The summed E-state index contributed by atoms with van der Waals surface area (Å²) in [5.41, 5.74) is -0.407. The Morgan fingerprint density at radius 2 is 1.81 bits per heavy atom. The molecule has 0 saturated carbocycles. The molecule has 32 heavy (non-hydrogen) atoms. The molecule has 1 heterocycles. The van der Waals surface area contributed by atoms with E-state index in [-0.39, 0.29) is 12.5 Å². The lowest BCUT2D eigenvalue weighted by molar-refractivity contribution is -0.197. The number of amides is 2. The molecule has 12 heteroatoms. The summed E-state index contributed by atoms with van der Waals surface area (Å²) in [5, 5.41) is 35.8. The van der Waals surface area contributed by atoms with Crippen molar-refractivity contribution < 1.29 is 39.2 Å². The van der Waals surface area contributed by atoms with Crippen LogP contribution in [-0.2, 0) is 9.30 Å². The smallest absolute Gasteiger partial charge is 0.325 e. The fourth-order valence-corrected chi connectivity index (χ4v) is 4.68. The summed E-state index contributed by atoms with van der Waals surface area (Å²) < 4.78 is 16.7. The summed E-state index contributed by atoms with van der Waals surface area (Å²) in [5.74, 6) is 2.54. The van der Waals surface area contributed by atoms with E-state index in [0.717, 1.165) is 24.6 Å². The number of carbonyl (C=O) groups is 1. The third kappa shape index (κ3) is 8.73. The number of nitrogens with one attached hydrogen (secondary N) is 2. The van der Waals surface area contributed by atoms with Gasteiger partial charge in [-0.1, -0.05) is 11.8 Å². The number of terminal acetylenes is 1. The first-order valence-electron chi connectivity index (χ1n) is 10.1. The van der Waals surface area contributed by atoms with E-state index in [1.807, 2.05) is 0 Å². The van der Waals surface area contributed by atoms with Crippen LogP contribution in [0.4, 0.5) is 10.5 Å². The molecule has 0 spiro atoms. The standard InChI is InChI=1S/C20H29N2O8PS/c1-2-3-4-5-11-21-20(26)22-13-6-8-14(9-7-13)32-19-18(25)17(24)16(23)15(30-19)10-12-31(27,28)29/h1,6-9,15-19,23-25H,3-5,10-12H2,(H2,21,22,26)(H2,27,28,29)/t15-,16-,17+,18+,19+/m1/s1. The van der Waals surface area contributed by atoms with Crippen molar-refractivity contribution >= 4 is 31.1 Å². The number of ether oxygens (including phenoxy) is 1. The van der Waals surface area contributed by atoms with Crippen molar-refractivity contribution in [1.29, 1.82) is 0 Å². The Morgan fingerprint density at radius 1 is 1.12 bits per heavy atom. The van der Waals surface area contributed by atoms with Crippen LogP contribution in [0.5, 0.6) is 0 Å². The van der Waals surface area contributed by atoms with E-state index < -0.39 is 43.6 Å². The van der Waals surface area contributed by atoms with Crippen LogP contribution in [0.2, 0.25) is 0 Å². The van der Waals surface area contributed by atoms with Gasteiger partial charge in [-0.2, -0.15) is 0 Å². The highest BCUT2D eigenvalue weighted by Gasteiger charge is 2.44. The number of aliphatic hydroxyl groups is 3. The van der Waals surface area contributed by atoms with Crippen molar-refractivity contribution in [3.05, 3.63) is 24.3 Å². The summed E-state index contributed by atoms with van der Waals surface area (Å²) in [6.45, 7) is 0.510. The Balaban J connectivity index is 1.89. The second kappa shape index (κ2) is 12.6. The van der Waals surface area contributed by atoms with Crippen molar-refractivity contribution in [3.63, 3.8) is 0 Å². The predicted octanol–water partition coefficient (Wildman–Crippen LogP) is 1.08. The molecule has 7 N–H and O–H groups in total. The van der Waals surface area contributed by atoms with Crippen LogP contribution in [0.3, 0.4) is 0 Å². The molecular formula is C20H29N2O8PS. The maximum atomic E-state index is 11.9. The van der Waals surface area contributed by atoms with Crippen molar-refractivity contribution in [2.24, 2.45) is 0 Å². The van der Waals surface area contributed by atoms with E-state index in [9.17, 15) is 24.7 Å². The number of anilines is 1. The molecule has 2 amide bonds. The molecule has 178 valence electrons. The minimum Gasteiger partial charge on any atom is -0.388 e. The minimum atomic E-state index is -4.30. The number of benzene rings is 1. The van der Waals surface area contributed by atoms with Gasteiger partial charge in [0, 0.05) is 23.5 Å². The number of urea groups is 1. The Morgan fingerprint density at radius 3 is 2.44 bits per heavy atom. The average Bonchev–Trinajstić information content (AvgIpc) is 2.74. The van der Waals surface area contributed by atoms with Gasteiger partial charge in [0.15, 0.2) is 0 Å². The number of carbonyl (C=O) groups excluding carboxylic acids is 1. The number of rotatable bonds is 10. The molecule has 1 aromatic carbocycles. The summed E-state index contributed by atoms with van der Waals surface area (Å²) in [4.78, 5) is 30.6. The molecule has 0 aromatic heterocycles. The molecule has 0 aliphatic carbocycles. The fraction of sp³-hybridized carbons (Fsp3) is 0.550. The van der Waals surface area contributed by atoms with Crippen LogP contribution >= 0.6 is 19.4 Å². The normalized spacial score (nSPS) is 25.7. The van der Waals surface area contributed by atoms with Gasteiger partial charge in [0.05, 0.1) is 12.3 Å². The van der Waals surface area contributed by atoms with Crippen LogP contribution in [-0.4, -0.2) is 73.7 Å². The van der Waals surface area contributed by atoms with Gasteiger partial charge in [-0.25, -0.2) is 4.79 Å². The monoisotopic (exact) mass is 488 g/mol. The summed E-state index contributed by atoms with van der Waals surface area (Å²) >= 11 is 1.08. The quantitative estimate of drug-likeness (QED) is 0.145. The number of hydrogen-bond acceptors (Lipinski definition) is 7. The average molecular weight is 488 g/mol. The summed E-state index contributed by atoms with van der Waals surface area (Å²) in [6, 6.07) is 6.34. The Kier molecular flexibility index (Phi) is 10.5. The largest absolute Gasteiger partial charge is 0.388 e. The second-order valence-electron chi connectivity index (χ2n) is 7.38. The predicted molar refractivity (Wildman–Crippen MR) is 120 cm³/mol. The van der Waals surface area contributed by atoms with Gasteiger partial charge in [-0.05, 0) is 43.5 Å². The number of aliphatic hydroxyl groups excluding tert-OH is 3. The highest BCUT2D eigenvalue weighted by atomic mass is 32.2. The third-order valence-electron chi connectivity index (χ3n) is 4.77. The number of hydrogen-bond donors (Lipinski definition) is 7. The first kappa shape index (κ1) is 26.6. The van der Waals surface area contributed by atoms with E-state index in [2.05, 4.69) is 16.6 Å². The van der Waals surface area contributed by atoms with Gasteiger partial charge < -0.3 is 40.5 Å². The molecule has 5 atom stereocenters. The lowest BCUT2D eigenvalue weighted by atomic mass is 9.98. The maximum absolute atomic E-state index is 11.9. The molecule has 1 fully saturated rings. The highest BCUT2D eigenvalue weighted by Crippen LogP contribution is 2.39. The fourth-order valence-electron chi connectivity index (χ4n) is 3.03. The summed E-state index contributed by atoms with van der Waals surface area (Å²) in [6.07, 6.45) is 1.35. The number of thioether (sulfide) groups is 1. The summed E-state index contributed by atoms with van der Waals surface area (Å²) in [7, 11) is -4.30. The first-order valence-corrected chi connectivity index (χ1v) is 12.8. The van der Waals surface area contributed by atoms with Crippen molar-refractivity contribution in [1.82, 2.24) is 5.32 Å². The second-order valence-corrected chi connectivity index (χ2v) is 10.3. The van der Waals surface area contributed by atoms with Crippen LogP contribution < -0.4 is 10.6 Å². The van der Waals surface area contributed by atoms with Crippen molar-refractivity contribution in [2.75, 3.05) is 18.0 Å². The van der Waals surface area contributed by atoms with Gasteiger partial charge in [0.2, 0.25) is 0 Å². The van der Waals surface area contributed by atoms with Crippen LogP contribution in [0.25, 0.3) is 0 Å². The van der Waals surface area contributed by atoms with Gasteiger partial charge in [-0.15, -0.1) is 12.3 Å². The van der Waals surface area contributed by atoms with E-state index >= 15 is 0 Å². The zero-order valence-corrected chi connectivity index (χ0v) is 19.0. The molecule has 1 aromatic rings. The van der Waals surface area contributed by atoms with Crippen molar-refractivity contribution in [2.45, 2.75) is 60.4 Å². The van der Waals surface area contributed by atoms with Gasteiger partial charge in [0.25, 0.3) is 0 Å². The molecule has 10 nitrogen and oxygen atoms in total. The Bertz CT molecular complexity index is 828. The topological polar surface area (TPSA) is 169 Å². The molecule has 0 bridgehead atoms. The van der Waals surface area contributed by atoms with E-state index in [0.29, 0.717) is 23.5 Å². The maximum Gasteiger partial charge on any atom is 0.325 e. The van der Waals surface area contributed by atoms with Crippen LogP contribution in [0.1, 0.15) is 25.7 Å². The third-order valence-corrected chi connectivity index (χ3v) is 6.78. The van der Waals surface area contributed by atoms with Crippen LogP contribution in [0, 0.1) is 12.3 Å². The molecule has 1 aliphatic rings. The molecule has 0 unspecified atom stereocenters. The first-order chi connectivity index (χ1) is 15.1. The van der Waals surface area contributed by atoms with Gasteiger partial charge in [-0.3, -0.25) is 4.57 Å². The van der Waals surface area contributed by atoms with Gasteiger partial charge in [0.1, 0.15) is 23.7 Å².